The van der Waals surface area contributed by atoms with Gasteiger partial charge >= 0.3 is 0 Å². The summed E-state index contributed by atoms with van der Waals surface area (Å²) in [7, 11) is 1.55. The zero-order chi connectivity index (χ0) is 16.7. The Morgan fingerprint density at radius 2 is 1.87 bits per heavy atom. The van der Waals surface area contributed by atoms with Crippen LogP contribution >= 0.6 is 0 Å². The lowest BCUT2D eigenvalue weighted by molar-refractivity contribution is -0.123. The molecule has 0 saturated heterocycles. The second-order valence-corrected chi connectivity index (χ2v) is 5.96. The van der Waals surface area contributed by atoms with Gasteiger partial charge in [-0.05, 0) is 31.9 Å². The van der Waals surface area contributed by atoms with Crippen LogP contribution < -0.4 is 14.8 Å². The fourth-order valence-electron chi connectivity index (χ4n) is 2.88. The van der Waals surface area contributed by atoms with Gasteiger partial charge < -0.3 is 14.8 Å². The maximum atomic E-state index is 12.1. The molecule has 1 saturated carbocycles. The standard InChI is InChI=1S/C18H25NO4/c1-13(20)16-10-9-15(22-2)11-17(16)23-12-18(21)19-14-7-5-3-4-6-8-14/h9-11,14H,3-8,12H2,1-2H3,(H,19,21). The van der Waals surface area contributed by atoms with Gasteiger partial charge in [-0.25, -0.2) is 0 Å². The summed E-state index contributed by atoms with van der Waals surface area (Å²) in [5.74, 6) is 0.725. The van der Waals surface area contributed by atoms with Crippen molar-refractivity contribution in [1.82, 2.24) is 5.32 Å². The van der Waals surface area contributed by atoms with Gasteiger partial charge in [0.1, 0.15) is 11.5 Å². The topological polar surface area (TPSA) is 64.6 Å². The minimum Gasteiger partial charge on any atom is -0.497 e. The van der Waals surface area contributed by atoms with E-state index in [1.54, 1.807) is 25.3 Å². The third-order valence-corrected chi connectivity index (χ3v) is 4.15. The Kier molecular flexibility index (Phi) is 6.44. The lowest BCUT2D eigenvalue weighted by atomic mass is 10.1. The maximum Gasteiger partial charge on any atom is 0.258 e. The summed E-state index contributed by atoms with van der Waals surface area (Å²) in [6.45, 7) is 1.38. The first-order valence-corrected chi connectivity index (χ1v) is 8.21. The number of methoxy groups -OCH3 is 1. The van der Waals surface area contributed by atoms with Crippen molar-refractivity contribution in [3.63, 3.8) is 0 Å². The molecule has 1 fully saturated rings. The van der Waals surface area contributed by atoms with E-state index in [0.29, 0.717) is 17.1 Å². The Bertz CT molecular complexity index is 548. The molecular formula is C18H25NO4. The van der Waals surface area contributed by atoms with Gasteiger partial charge in [0.15, 0.2) is 12.4 Å². The van der Waals surface area contributed by atoms with Gasteiger partial charge in [0.2, 0.25) is 0 Å². The molecule has 5 nitrogen and oxygen atoms in total. The summed E-state index contributed by atoms with van der Waals surface area (Å²) in [5.41, 5.74) is 0.452. The van der Waals surface area contributed by atoms with Crippen molar-refractivity contribution in [2.45, 2.75) is 51.5 Å². The monoisotopic (exact) mass is 319 g/mol. The minimum absolute atomic E-state index is 0.0933. The van der Waals surface area contributed by atoms with Gasteiger partial charge in [-0.3, -0.25) is 9.59 Å². The normalized spacial score (nSPS) is 15.6. The first-order valence-electron chi connectivity index (χ1n) is 8.21. The summed E-state index contributed by atoms with van der Waals surface area (Å²) < 4.78 is 10.7. The number of amides is 1. The Labute approximate surface area is 137 Å². The molecule has 0 unspecified atom stereocenters. The predicted octanol–water partition coefficient (Wildman–Crippen LogP) is 3.12. The van der Waals surface area contributed by atoms with E-state index in [1.807, 2.05) is 0 Å². The second kappa shape index (κ2) is 8.56. The van der Waals surface area contributed by atoms with Crippen molar-refractivity contribution >= 4 is 11.7 Å². The van der Waals surface area contributed by atoms with Crippen LogP contribution in [0.3, 0.4) is 0 Å². The van der Waals surface area contributed by atoms with Gasteiger partial charge in [0, 0.05) is 12.1 Å². The van der Waals surface area contributed by atoms with E-state index in [1.165, 1.54) is 19.8 Å². The van der Waals surface area contributed by atoms with Crippen molar-refractivity contribution in [1.29, 1.82) is 0 Å². The fourth-order valence-corrected chi connectivity index (χ4v) is 2.88. The average molecular weight is 319 g/mol. The molecule has 1 N–H and O–H groups in total. The molecule has 2 rings (SSSR count). The number of Topliss-reactive ketones (excluding diaryl/α,β-unsaturated/α-hetero) is 1. The number of rotatable bonds is 6. The van der Waals surface area contributed by atoms with Gasteiger partial charge in [-0.1, -0.05) is 25.7 Å². The molecule has 0 aromatic heterocycles. The summed E-state index contributed by atoms with van der Waals surface area (Å²) >= 11 is 0. The quantitative estimate of drug-likeness (QED) is 0.646. The Morgan fingerprint density at radius 3 is 2.48 bits per heavy atom. The molecule has 23 heavy (non-hydrogen) atoms. The Morgan fingerprint density at radius 1 is 1.17 bits per heavy atom. The van der Waals surface area contributed by atoms with Crippen molar-refractivity contribution < 1.29 is 19.1 Å². The summed E-state index contributed by atoms with van der Waals surface area (Å²) in [5, 5.41) is 3.03. The molecule has 0 atom stereocenters. The fraction of sp³-hybridized carbons (Fsp3) is 0.556. The molecule has 5 heteroatoms. The van der Waals surface area contributed by atoms with Gasteiger partial charge in [0.05, 0.1) is 12.7 Å². The van der Waals surface area contributed by atoms with Crippen LogP contribution in [0.1, 0.15) is 55.8 Å². The predicted molar refractivity (Wildman–Crippen MR) is 88.1 cm³/mol. The number of benzene rings is 1. The summed E-state index contributed by atoms with van der Waals surface area (Å²) in [6.07, 6.45) is 6.88. The maximum absolute atomic E-state index is 12.1. The number of nitrogens with one attached hydrogen (secondary N) is 1. The highest BCUT2D eigenvalue weighted by Gasteiger charge is 2.16. The number of hydrogen-bond donors (Lipinski definition) is 1. The van der Waals surface area contributed by atoms with E-state index in [9.17, 15) is 9.59 Å². The second-order valence-electron chi connectivity index (χ2n) is 5.96. The van der Waals surface area contributed by atoms with Crippen molar-refractivity contribution in [3.8, 4) is 11.5 Å². The van der Waals surface area contributed by atoms with Crippen LogP contribution in [0.15, 0.2) is 18.2 Å². The summed E-state index contributed by atoms with van der Waals surface area (Å²) in [6, 6.07) is 5.23. The highest BCUT2D eigenvalue weighted by atomic mass is 16.5. The molecule has 0 bridgehead atoms. The van der Waals surface area contributed by atoms with E-state index in [0.717, 1.165) is 25.7 Å². The number of hydrogen-bond acceptors (Lipinski definition) is 4. The van der Waals surface area contributed by atoms with Crippen molar-refractivity contribution in [2.75, 3.05) is 13.7 Å². The van der Waals surface area contributed by atoms with E-state index in [4.69, 9.17) is 9.47 Å². The van der Waals surface area contributed by atoms with Crippen LogP contribution in [0.2, 0.25) is 0 Å². The molecule has 126 valence electrons. The Balaban J connectivity index is 1.93. The lowest BCUT2D eigenvalue weighted by Crippen LogP contribution is -2.37. The lowest BCUT2D eigenvalue weighted by Gasteiger charge is -2.17. The molecule has 0 radical (unpaired) electrons. The third-order valence-electron chi connectivity index (χ3n) is 4.15. The van der Waals surface area contributed by atoms with Crippen LogP contribution in [-0.2, 0) is 4.79 Å². The number of carbonyl (C=O) groups excluding carboxylic acids is 2. The largest absolute Gasteiger partial charge is 0.497 e. The molecule has 1 aromatic carbocycles. The highest BCUT2D eigenvalue weighted by molar-refractivity contribution is 5.97. The molecular weight excluding hydrogens is 294 g/mol. The zero-order valence-corrected chi connectivity index (χ0v) is 13.9. The van der Waals surface area contributed by atoms with Gasteiger partial charge in [0.25, 0.3) is 5.91 Å². The number of ether oxygens (including phenoxy) is 2. The van der Waals surface area contributed by atoms with Crippen LogP contribution in [0.5, 0.6) is 11.5 Å². The molecule has 1 aliphatic carbocycles. The molecule has 0 spiro atoms. The molecule has 1 aliphatic rings. The van der Waals surface area contributed by atoms with Crippen molar-refractivity contribution in [3.05, 3.63) is 23.8 Å². The SMILES string of the molecule is COc1ccc(C(C)=O)c(OCC(=O)NC2CCCCCC2)c1. The summed E-state index contributed by atoms with van der Waals surface area (Å²) in [4.78, 5) is 23.7. The van der Waals surface area contributed by atoms with Crippen LogP contribution in [0.25, 0.3) is 0 Å². The van der Waals surface area contributed by atoms with Gasteiger partial charge in [-0.2, -0.15) is 0 Å². The van der Waals surface area contributed by atoms with Gasteiger partial charge in [-0.15, -0.1) is 0 Å². The number of ketones is 1. The first kappa shape index (κ1) is 17.3. The smallest absolute Gasteiger partial charge is 0.258 e. The van der Waals surface area contributed by atoms with E-state index >= 15 is 0 Å². The van der Waals surface area contributed by atoms with Crippen LogP contribution in [0, 0.1) is 0 Å². The highest BCUT2D eigenvalue weighted by Crippen LogP contribution is 2.25. The van der Waals surface area contributed by atoms with Crippen LogP contribution in [-0.4, -0.2) is 31.4 Å². The molecule has 0 aliphatic heterocycles. The minimum atomic E-state index is -0.144. The van der Waals surface area contributed by atoms with Crippen molar-refractivity contribution in [2.24, 2.45) is 0 Å². The zero-order valence-electron chi connectivity index (χ0n) is 13.9. The van der Waals surface area contributed by atoms with Crippen LogP contribution in [0.4, 0.5) is 0 Å². The molecule has 1 aromatic rings. The first-order chi connectivity index (χ1) is 11.1. The van der Waals surface area contributed by atoms with E-state index in [-0.39, 0.29) is 24.3 Å². The Hall–Kier alpha value is -2.04. The van der Waals surface area contributed by atoms with E-state index in [2.05, 4.69) is 5.32 Å². The molecule has 0 heterocycles. The van der Waals surface area contributed by atoms with E-state index < -0.39 is 0 Å². The third kappa shape index (κ3) is 5.27. The number of carbonyl (C=O) groups is 2. The average Bonchev–Trinajstić information content (AvgIpc) is 2.81. The molecule has 1 amide bonds.